The van der Waals surface area contributed by atoms with Crippen molar-refractivity contribution in [3.63, 3.8) is 0 Å². The molecule has 0 amide bonds. The summed E-state index contributed by atoms with van der Waals surface area (Å²) in [5.74, 6) is -1.82. The number of nitrogens with zero attached hydrogens (tertiary/aromatic N) is 1. The Morgan fingerprint density at radius 3 is 2.71 bits per heavy atom. The number of nitrogens with one attached hydrogen (secondary N) is 1. The summed E-state index contributed by atoms with van der Waals surface area (Å²) < 4.78 is 22.4. The van der Waals surface area contributed by atoms with Gasteiger partial charge in [-0.2, -0.15) is 0 Å². The zero-order chi connectivity index (χ0) is 19.5. The summed E-state index contributed by atoms with van der Waals surface area (Å²) in [5.41, 5.74) is -1.24. The Hall–Kier alpha value is 0.440. The van der Waals surface area contributed by atoms with Gasteiger partial charge in [0.1, 0.15) is 19.9 Å². The van der Waals surface area contributed by atoms with E-state index in [9.17, 15) is 34.1 Å². The van der Waals surface area contributed by atoms with E-state index in [1.165, 1.54) is 17.3 Å². The fourth-order valence-electron chi connectivity index (χ4n) is 2.33. The van der Waals surface area contributed by atoms with Gasteiger partial charge in [0.25, 0.3) is 5.56 Å². The second-order valence-electron chi connectivity index (χ2n) is 5.41. The molecular weight excluding hydrogens is 485 g/mol. The molecule has 1 aromatic heterocycles. The smallest absolute Gasteiger partial charge is 0.778 e. The molecule has 2 rings (SSSR count). The monoisotopic (exact) mass is 498 g/mol. The Balaban J connectivity index is 0.00000364. The molecule has 2 heterocycles. The van der Waals surface area contributed by atoms with Crippen LogP contribution >= 0.6 is 23.5 Å². The summed E-state index contributed by atoms with van der Waals surface area (Å²) in [6.45, 7) is -0.627. The fourth-order valence-corrected chi connectivity index (χ4v) is 3.39. The van der Waals surface area contributed by atoms with Crippen LogP contribution in [0.1, 0.15) is 18.2 Å². The van der Waals surface area contributed by atoms with Gasteiger partial charge in [-0.15, -0.1) is 0 Å². The molecule has 0 aromatic carbocycles. The Morgan fingerprint density at radius 1 is 1.50 bits per heavy atom. The van der Waals surface area contributed by atoms with E-state index in [2.05, 4.69) is 25.4 Å². The molecule has 0 radical (unpaired) electrons. The van der Waals surface area contributed by atoms with Gasteiger partial charge in [-0.3, -0.25) is 14.3 Å². The zero-order valence-electron chi connectivity index (χ0n) is 15.1. The van der Waals surface area contributed by atoms with Gasteiger partial charge in [-0.05, 0) is 11.1 Å². The number of carboxylic acids is 1. The fraction of sp³-hybridized carbons (Fsp3) is 0.462. The van der Waals surface area contributed by atoms with Crippen molar-refractivity contribution in [2.45, 2.75) is 24.9 Å². The molecule has 11 nitrogen and oxygen atoms in total. The summed E-state index contributed by atoms with van der Waals surface area (Å²) >= 11 is 3.01. The van der Waals surface area contributed by atoms with Gasteiger partial charge in [-0.1, -0.05) is 15.9 Å². The number of aliphatic carboxylic acids is 1. The molecule has 1 aliphatic rings. The van der Waals surface area contributed by atoms with Crippen LogP contribution in [0.15, 0.2) is 20.8 Å². The number of carbonyl (C=O) groups excluding carboxylic acids is 1. The van der Waals surface area contributed by atoms with E-state index in [1.807, 2.05) is 0 Å². The summed E-state index contributed by atoms with van der Waals surface area (Å²) in [6.07, 6.45) is -2.00. The van der Waals surface area contributed by atoms with E-state index in [4.69, 9.17) is 4.74 Å². The number of hydrogen-bond acceptors (Lipinski definition) is 9. The minimum Gasteiger partial charge on any atom is -0.778 e. The van der Waals surface area contributed by atoms with Gasteiger partial charge in [-0.25, -0.2) is 4.79 Å². The summed E-state index contributed by atoms with van der Waals surface area (Å²) in [6, 6.07) is 0. The Labute approximate surface area is 211 Å². The number of ether oxygens (including phenoxy) is 1. The molecule has 1 saturated heterocycles. The minimum atomic E-state index is -4.69. The molecule has 28 heavy (non-hydrogen) atoms. The van der Waals surface area contributed by atoms with Gasteiger partial charge < -0.3 is 33.7 Å². The molecule has 15 heteroatoms. The molecule has 2 N–H and O–H groups in total. The van der Waals surface area contributed by atoms with Crippen molar-refractivity contribution in [3.05, 3.63) is 37.6 Å². The van der Waals surface area contributed by atoms with Gasteiger partial charge in [0.15, 0.2) is 0 Å². The van der Waals surface area contributed by atoms with Crippen molar-refractivity contribution >= 4 is 35.6 Å². The topological polar surface area (TPSA) is 174 Å². The van der Waals surface area contributed by atoms with E-state index >= 15 is 0 Å². The average molecular weight is 499 g/mol. The standard InChI is InChI=1S/C13H16BrN2O9P.2Na/c14-2-1-7-4-16(13(21)15-12(7)20)10-3-8(17)9(25-10)5-24-26(22,23)6-11(18)19;;/h1-2,4,8-10,17H,3,5-6H2,(H,18,19)(H,22,23)(H,15,20,21);;/q;2*+1/p-2/b2-1+;;/t8-,9+,10+;;/m0../s1. The van der Waals surface area contributed by atoms with Gasteiger partial charge in [0, 0.05) is 18.6 Å². The van der Waals surface area contributed by atoms with Crippen LogP contribution in [0.2, 0.25) is 0 Å². The number of aliphatic hydroxyl groups excluding tert-OH is 1. The van der Waals surface area contributed by atoms with Gasteiger partial charge in [0.05, 0.1) is 24.4 Å². The number of hydrogen-bond donors (Lipinski definition) is 2. The van der Waals surface area contributed by atoms with Crippen molar-refractivity contribution in [1.29, 1.82) is 0 Å². The van der Waals surface area contributed by atoms with E-state index in [0.29, 0.717) is 0 Å². The quantitative estimate of drug-likeness (QED) is 0.273. The van der Waals surface area contributed by atoms with Crippen LogP contribution in [-0.4, -0.2) is 45.6 Å². The van der Waals surface area contributed by atoms with Crippen LogP contribution in [0.5, 0.6) is 0 Å². The molecule has 1 unspecified atom stereocenters. The van der Waals surface area contributed by atoms with E-state index in [-0.39, 0.29) is 71.1 Å². The molecule has 144 valence electrons. The van der Waals surface area contributed by atoms with Crippen molar-refractivity contribution in [1.82, 2.24) is 9.55 Å². The van der Waals surface area contributed by atoms with Crippen LogP contribution < -0.4 is 80.4 Å². The third-order valence-corrected chi connectivity index (χ3v) is 4.96. The molecule has 0 bridgehead atoms. The molecule has 1 aliphatic heterocycles. The first-order valence-electron chi connectivity index (χ1n) is 7.23. The van der Waals surface area contributed by atoms with Crippen molar-refractivity contribution in [3.8, 4) is 0 Å². The first-order chi connectivity index (χ1) is 12.1. The minimum absolute atomic E-state index is 0. The number of H-pyrrole nitrogens is 1. The normalized spacial score (nSPS) is 23.6. The van der Waals surface area contributed by atoms with Gasteiger partial charge >= 0.3 is 64.8 Å². The summed E-state index contributed by atoms with van der Waals surface area (Å²) in [5, 5.41) is 20.3. The SMILES string of the molecule is O=C([O-])CP(=O)([O-])OC[C@H]1O[C@@H](n2cc(/C=C/Br)c(=O)[nH]c2=O)C[C@@H]1O.[Na+].[Na+]. The predicted molar refractivity (Wildman–Crippen MR) is 87.3 cm³/mol. The molecular formula is C13H14BrN2Na2O9P. The Bertz CT molecular complexity index is 874. The predicted octanol–water partition coefficient (Wildman–Crippen LogP) is -8.12. The maximum absolute atomic E-state index is 11.9. The van der Waals surface area contributed by atoms with E-state index in [1.54, 1.807) is 0 Å². The number of carboxylic acid groups (broad SMARTS) is 1. The third kappa shape index (κ3) is 7.93. The van der Waals surface area contributed by atoms with Gasteiger partial charge in [0.2, 0.25) is 0 Å². The van der Waals surface area contributed by atoms with Crippen molar-refractivity contribution < 1.29 is 92.8 Å². The molecule has 0 spiro atoms. The first-order valence-corrected chi connectivity index (χ1v) is 9.87. The number of aromatic amines is 1. The molecule has 4 atom stereocenters. The third-order valence-electron chi connectivity index (χ3n) is 3.51. The number of rotatable bonds is 7. The largest absolute Gasteiger partial charge is 1.00 e. The zero-order valence-corrected chi connectivity index (χ0v) is 21.6. The van der Waals surface area contributed by atoms with Crippen LogP contribution in [0.25, 0.3) is 6.08 Å². The maximum Gasteiger partial charge on any atom is 1.00 e. The molecule has 0 saturated carbocycles. The van der Waals surface area contributed by atoms with Crippen molar-refractivity contribution in [2.75, 3.05) is 12.8 Å². The Kier molecular flexibility index (Phi) is 12.5. The second-order valence-corrected chi connectivity index (χ2v) is 7.74. The second kappa shape index (κ2) is 12.3. The number of halogens is 1. The molecule has 1 aromatic rings. The van der Waals surface area contributed by atoms with Crippen molar-refractivity contribution in [2.24, 2.45) is 0 Å². The van der Waals surface area contributed by atoms with Crippen LogP contribution in [0.4, 0.5) is 0 Å². The number of aliphatic hydroxyl groups is 1. The molecule has 1 fully saturated rings. The molecule has 0 aliphatic carbocycles. The average Bonchev–Trinajstić information content (AvgIpc) is 2.88. The number of aromatic nitrogens is 2. The summed E-state index contributed by atoms with van der Waals surface area (Å²) in [4.78, 5) is 48.9. The van der Waals surface area contributed by atoms with Crippen LogP contribution in [0.3, 0.4) is 0 Å². The first kappa shape index (κ1) is 28.4. The maximum atomic E-state index is 11.9. The summed E-state index contributed by atoms with van der Waals surface area (Å²) in [7, 11) is -4.69. The van der Waals surface area contributed by atoms with Crippen LogP contribution in [-0.2, 0) is 18.6 Å². The van der Waals surface area contributed by atoms with E-state index < -0.39 is 56.0 Å². The number of carbonyl (C=O) groups is 1. The van der Waals surface area contributed by atoms with E-state index in [0.717, 1.165) is 4.57 Å². The van der Waals surface area contributed by atoms with Crippen LogP contribution in [0, 0.1) is 0 Å². The Morgan fingerprint density at radius 2 is 2.14 bits per heavy atom.